The minimum atomic E-state index is -0.148. The number of halogens is 1. The van der Waals surface area contributed by atoms with E-state index in [2.05, 4.69) is 10.3 Å². The molecule has 0 fully saturated rings. The Morgan fingerprint density at radius 1 is 1.03 bits per heavy atom. The third-order valence-corrected chi connectivity index (χ3v) is 5.62. The molecule has 4 aromatic rings. The minimum absolute atomic E-state index is 0.148. The number of benzene rings is 2. The van der Waals surface area contributed by atoms with Gasteiger partial charge in [0.15, 0.2) is 0 Å². The van der Waals surface area contributed by atoms with Gasteiger partial charge in [0, 0.05) is 56.2 Å². The molecule has 0 aliphatic carbocycles. The lowest BCUT2D eigenvalue weighted by molar-refractivity contribution is 0.0780. The summed E-state index contributed by atoms with van der Waals surface area (Å²) in [5.74, 6) is 1.71. The number of carbonyl (C=O) groups excluding carboxylic acids is 1. The lowest BCUT2D eigenvalue weighted by atomic mass is 10.3. The molecule has 0 aliphatic heterocycles. The summed E-state index contributed by atoms with van der Waals surface area (Å²) in [6, 6.07) is 16.5. The molecule has 34 heavy (non-hydrogen) atoms. The molecule has 0 saturated heterocycles. The monoisotopic (exact) mass is 478 g/mol. The van der Waals surface area contributed by atoms with Crippen LogP contribution in [0.4, 0.5) is 11.6 Å². The van der Waals surface area contributed by atoms with Crippen molar-refractivity contribution in [1.29, 1.82) is 0 Å². The third kappa shape index (κ3) is 5.47. The maximum absolute atomic E-state index is 12.7. The number of likely N-dealkylation sites (N-methyl/N-ethyl adjacent to an activating group) is 2. The molecule has 0 bridgehead atoms. The van der Waals surface area contributed by atoms with Crippen LogP contribution in [0.5, 0.6) is 11.5 Å². The average molecular weight is 479 g/mol. The molecule has 0 unspecified atom stereocenters. The number of aromatic nitrogens is 3. The first-order chi connectivity index (χ1) is 16.3. The zero-order valence-electron chi connectivity index (χ0n) is 19.6. The Labute approximate surface area is 203 Å². The Morgan fingerprint density at radius 3 is 2.50 bits per heavy atom. The van der Waals surface area contributed by atoms with E-state index in [4.69, 9.17) is 21.3 Å². The van der Waals surface area contributed by atoms with Crippen LogP contribution in [0.2, 0.25) is 5.02 Å². The third-order valence-electron chi connectivity index (χ3n) is 5.37. The first kappa shape index (κ1) is 23.5. The van der Waals surface area contributed by atoms with Crippen LogP contribution in [-0.4, -0.2) is 64.5 Å². The number of fused-ring (bicyclic) bond motifs is 1. The van der Waals surface area contributed by atoms with Crippen molar-refractivity contribution in [2.24, 2.45) is 7.05 Å². The van der Waals surface area contributed by atoms with Gasteiger partial charge >= 0.3 is 0 Å². The second kappa shape index (κ2) is 10.1. The van der Waals surface area contributed by atoms with E-state index in [1.54, 1.807) is 30.3 Å². The van der Waals surface area contributed by atoms with E-state index >= 15 is 0 Å². The van der Waals surface area contributed by atoms with Gasteiger partial charge in [0.25, 0.3) is 5.91 Å². The van der Waals surface area contributed by atoms with Crippen LogP contribution in [0, 0.1) is 0 Å². The number of carbonyl (C=O) groups is 1. The van der Waals surface area contributed by atoms with Crippen molar-refractivity contribution in [3.05, 3.63) is 71.5 Å². The molecule has 176 valence electrons. The van der Waals surface area contributed by atoms with Crippen LogP contribution in [0.25, 0.3) is 11.0 Å². The first-order valence-electron chi connectivity index (χ1n) is 10.8. The Balaban J connectivity index is 1.50. The molecule has 9 heteroatoms. The van der Waals surface area contributed by atoms with Crippen molar-refractivity contribution in [1.82, 2.24) is 24.3 Å². The molecule has 4 rings (SSSR count). The van der Waals surface area contributed by atoms with Gasteiger partial charge in [-0.1, -0.05) is 11.6 Å². The number of hydrogen-bond acceptors (Lipinski definition) is 6. The minimum Gasteiger partial charge on any atom is -0.457 e. The highest BCUT2D eigenvalue weighted by Crippen LogP contribution is 2.28. The number of hydrogen-bond donors (Lipinski definition) is 1. The highest BCUT2D eigenvalue weighted by atomic mass is 35.5. The van der Waals surface area contributed by atoms with E-state index in [0.29, 0.717) is 34.7 Å². The summed E-state index contributed by atoms with van der Waals surface area (Å²) in [6.45, 7) is 1.39. The summed E-state index contributed by atoms with van der Waals surface area (Å²) in [4.78, 5) is 25.3. The van der Waals surface area contributed by atoms with Crippen molar-refractivity contribution in [2.45, 2.75) is 0 Å². The number of aryl methyl sites for hydroxylation is 1. The van der Waals surface area contributed by atoms with Crippen molar-refractivity contribution in [3.63, 3.8) is 0 Å². The zero-order valence-corrected chi connectivity index (χ0v) is 20.4. The van der Waals surface area contributed by atoms with E-state index in [1.807, 2.05) is 73.1 Å². The summed E-state index contributed by atoms with van der Waals surface area (Å²) < 4.78 is 8.01. The van der Waals surface area contributed by atoms with Gasteiger partial charge in [-0.25, -0.2) is 4.98 Å². The maximum Gasteiger partial charge on any atom is 0.272 e. The molecule has 0 aliphatic rings. The molecule has 0 saturated carbocycles. The highest BCUT2D eigenvalue weighted by molar-refractivity contribution is 6.30. The fourth-order valence-corrected chi connectivity index (χ4v) is 3.52. The van der Waals surface area contributed by atoms with Crippen LogP contribution >= 0.6 is 11.6 Å². The second-order valence-corrected chi connectivity index (χ2v) is 8.72. The van der Waals surface area contributed by atoms with E-state index in [9.17, 15) is 4.79 Å². The molecule has 1 N–H and O–H groups in total. The lowest BCUT2D eigenvalue weighted by Gasteiger charge is -2.19. The smallest absolute Gasteiger partial charge is 0.272 e. The van der Waals surface area contributed by atoms with E-state index in [1.165, 1.54) is 0 Å². The molecule has 2 aromatic carbocycles. The fourth-order valence-electron chi connectivity index (χ4n) is 3.39. The quantitative estimate of drug-likeness (QED) is 0.392. The summed E-state index contributed by atoms with van der Waals surface area (Å²) in [5, 5.41) is 3.98. The van der Waals surface area contributed by atoms with Gasteiger partial charge in [-0.3, -0.25) is 9.78 Å². The molecular formula is C25H27ClN6O2. The SMILES string of the molecule is CN(C)CCN(C)C(=O)c1cc(Oc2ccc3c(c2)nc(Nc2ccc(Cl)cc2)n3C)ccn1. The molecule has 0 spiro atoms. The average Bonchev–Trinajstić information content (AvgIpc) is 3.13. The number of nitrogens with one attached hydrogen (secondary N) is 1. The van der Waals surface area contributed by atoms with Gasteiger partial charge in [-0.15, -0.1) is 0 Å². The van der Waals surface area contributed by atoms with Crippen LogP contribution in [0.1, 0.15) is 10.5 Å². The molecule has 0 radical (unpaired) electrons. The van der Waals surface area contributed by atoms with Gasteiger partial charge in [0.2, 0.25) is 5.95 Å². The molecule has 1 amide bonds. The summed E-state index contributed by atoms with van der Waals surface area (Å²) in [5.41, 5.74) is 2.97. The van der Waals surface area contributed by atoms with E-state index in [-0.39, 0.29) is 5.91 Å². The Hall–Kier alpha value is -3.62. The summed E-state index contributed by atoms with van der Waals surface area (Å²) >= 11 is 5.97. The summed E-state index contributed by atoms with van der Waals surface area (Å²) in [7, 11) is 7.66. The van der Waals surface area contributed by atoms with E-state index < -0.39 is 0 Å². The Kier molecular flexibility index (Phi) is 7.00. The van der Waals surface area contributed by atoms with E-state index in [0.717, 1.165) is 23.3 Å². The number of ether oxygens (including phenoxy) is 1. The topological polar surface area (TPSA) is 75.5 Å². The highest BCUT2D eigenvalue weighted by Gasteiger charge is 2.15. The van der Waals surface area contributed by atoms with Gasteiger partial charge in [0.05, 0.1) is 11.0 Å². The predicted molar refractivity (Wildman–Crippen MR) is 135 cm³/mol. The van der Waals surface area contributed by atoms with Crippen molar-refractivity contribution in [2.75, 3.05) is 39.5 Å². The number of pyridine rings is 1. The van der Waals surface area contributed by atoms with Crippen molar-refractivity contribution < 1.29 is 9.53 Å². The lowest BCUT2D eigenvalue weighted by Crippen LogP contribution is -2.33. The van der Waals surface area contributed by atoms with Crippen LogP contribution in [-0.2, 0) is 7.05 Å². The van der Waals surface area contributed by atoms with Crippen molar-refractivity contribution in [3.8, 4) is 11.5 Å². The maximum atomic E-state index is 12.7. The van der Waals surface area contributed by atoms with Gasteiger partial charge in [0.1, 0.15) is 17.2 Å². The molecule has 0 atom stereocenters. The number of nitrogens with zero attached hydrogens (tertiary/aromatic N) is 5. The van der Waals surface area contributed by atoms with Gasteiger partial charge in [-0.2, -0.15) is 0 Å². The Morgan fingerprint density at radius 2 is 1.76 bits per heavy atom. The second-order valence-electron chi connectivity index (χ2n) is 8.29. The molecule has 8 nitrogen and oxygen atoms in total. The normalized spacial score (nSPS) is 11.1. The number of anilines is 2. The fraction of sp³-hybridized carbons (Fsp3) is 0.240. The first-order valence-corrected chi connectivity index (χ1v) is 11.2. The molecule has 2 aromatic heterocycles. The van der Waals surface area contributed by atoms with Crippen LogP contribution in [0.3, 0.4) is 0 Å². The Bertz CT molecular complexity index is 1300. The van der Waals surface area contributed by atoms with Crippen molar-refractivity contribution >= 4 is 40.2 Å². The molecule has 2 heterocycles. The largest absolute Gasteiger partial charge is 0.457 e. The number of imidazole rings is 1. The zero-order chi connectivity index (χ0) is 24.2. The van der Waals surface area contributed by atoms with Crippen LogP contribution in [0.15, 0.2) is 60.8 Å². The number of rotatable bonds is 8. The predicted octanol–water partition coefficient (Wildman–Crippen LogP) is 4.79. The van der Waals surface area contributed by atoms with Crippen LogP contribution < -0.4 is 10.1 Å². The standard InChI is InChI=1S/C25H27ClN6O2/c1-30(2)13-14-31(3)24(33)22-16-20(11-12-27-22)34-19-9-10-23-21(15-19)29-25(32(23)4)28-18-7-5-17(26)6-8-18/h5-12,15-16H,13-14H2,1-4H3,(H,28,29). The molecular weight excluding hydrogens is 452 g/mol. The number of amides is 1. The summed E-state index contributed by atoms with van der Waals surface area (Å²) in [6.07, 6.45) is 1.58. The van der Waals surface area contributed by atoms with Gasteiger partial charge in [-0.05, 0) is 56.6 Å². The van der Waals surface area contributed by atoms with Gasteiger partial charge < -0.3 is 24.4 Å².